The van der Waals surface area contributed by atoms with Gasteiger partial charge in [-0.05, 0) is 14.0 Å². The second-order valence-corrected chi connectivity index (χ2v) is 1.96. The average molecular weight is 132 g/mol. The molecule has 9 heavy (non-hydrogen) atoms. The lowest BCUT2D eigenvalue weighted by atomic mass is 10.1. The van der Waals surface area contributed by atoms with E-state index in [9.17, 15) is 4.79 Å². The van der Waals surface area contributed by atoms with Crippen LogP contribution in [0.15, 0.2) is 0 Å². The lowest BCUT2D eigenvalue weighted by Crippen LogP contribution is -2.47. The third kappa shape index (κ3) is 2.43. The Balaban J connectivity index is 3.83. The molecular weight excluding hydrogens is 120 g/mol. The number of nitrogens with two attached hydrogens (primary N) is 1. The van der Waals surface area contributed by atoms with E-state index in [1.165, 1.54) is 0 Å². The highest BCUT2D eigenvalue weighted by atomic mass is 16.4. The first-order chi connectivity index (χ1) is 4.09. The molecular formula is C5H12N2O2. The second-order valence-electron chi connectivity index (χ2n) is 1.96. The molecule has 0 saturated heterocycles. The molecule has 0 radical (unpaired) electrons. The topological polar surface area (TPSA) is 75.3 Å². The molecule has 0 aromatic heterocycles. The number of hydrogen-bond donors (Lipinski definition) is 3. The number of nitrogens with one attached hydrogen (secondary N) is 1. The molecule has 4 nitrogen and oxygen atoms in total. The highest BCUT2D eigenvalue weighted by Crippen LogP contribution is 1.86. The molecule has 4 N–H and O–H groups in total. The van der Waals surface area contributed by atoms with Crippen LogP contribution in [0.5, 0.6) is 0 Å². The van der Waals surface area contributed by atoms with Gasteiger partial charge >= 0.3 is 5.97 Å². The van der Waals surface area contributed by atoms with Crippen molar-refractivity contribution in [2.75, 3.05) is 7.05 Å². The first-order valence-corrected chi connectivity index (χ1v) is 2.75. The number of carbonyl (C=O) groups is 1. The zero-order valence-electron chi connectivity index (χ0n) is 5.59. The molecule has 0 bridgehead atoms. The summed E-state index contributed by atoms with van der Waals surface area (Å²) in [5.74, 6) is -0.910. The molecule has 0 aliphatic heterocycles. The van der Waals surface area contributed by atoms with Gasteiger partial charge in [-0.2, -0.15) is 0 Å². The number of likely N-dealkylation sites (N-methyl/N-ethyl adjacent to an activating group) is 1. The maximum atomic E-state index is 10.2. The average Bonchev–Trinajstić information content (AvgIpc) is 1.64. The van der Waals surface area contributed by atoms with Gasteiger partial charge in [0.1, 0.15) is 6.04 Å². The van der Waals surface area contributed by atoms with Crippen LogP contribution in [0.3, 0.4) is 0 Å². The van der Waals surface area contributed by atoms with Gasteiger partial charge in [0.25, 0.3) is 0 Å². The minimum Gasteiger partial charge on any atom is -0.480 e. The Morgan fingerprint density at radius 2 is 2.22 bits per heavy atom. The maximum absolute atomic E-state index is 10.2. The van der Waals surface area contributed by atoms with E-state index in [0.717, 1.165) is 0 Å². The predicted octanol–water partition coefficient (Wildman–Crippen LogP) is -0.994. The van der Waals surface area contributed by atoms with E-state index < -0.39 is 12.0 Å². The quantitative estimate of drug-likeness (QED) is 0.460. The monoisotopic (exact) mass is 132 g/mol. The van der Waals surface area contributed by atoms with Crippen LogP contribution in [-0.4, -0.2) is 30.2 Å². The first-order valence-electron chi connectivity index (χ1n) is 2.75. The van der Waals surface area contributed by atoms with Crippen LogP contribution in [-0.2, 0) is 4.79 Å². The summed E-state index contributed by atoms with van der Waals surface area (Å²) in [6, 6.07) is -0.988. The molecule has 54 valence electrons. The van der Waals surface area contributed by atoms with E-state index in [4.69, 9.17) is 10.8 Å². The number of rotatable bonds is 3. The van der Waals surface area contributed by atoms with Gasteiger partial charge in [0, 0.05) is 6.04 Å². The van der Waals surface area contributed by atoms with Gasteiger partial charge in [-0.15, -0.1) is 0 Å². The van der Waals surface area contributed by atoms with Crippen molar-refractivity contribution < 1.29 is 9.90 Å². The number of carboxylic acids is 1. The lowest BCUT2D eigenvalue weighted by Gasteiger charge is -2.13. The lowest BCUT2D eigenvalue weighted by molar-refractivity contribution is -0.139. The Bertz CT molecular complexity index is 103. The van der Waals surface area contributed by atoms with E-state index in [-0.39, 0.29) is 6.04 Å². The molecule has 0 aromatic carbocycles. The first kappa shape index (κ1) is 8.39. The van der Waals surface area contributed by atoms with Crippen molar-refractivity contribution in [1.29, 1.82) is 0 Å². The summed E-state index contributed by atoms with van der Waals surface area (Å²) in [7, 11) is 1.57. The maximum Gasteiger partial charge on any atom is 0.322 e. The summed E-state index contributed by atoms with van der Waals surface area (Å²) >= 11 is 0. The molecule has 0 aliphatic rings. The zero-order valence-corrected chi connectivity index (χ0v) is 5.59. The molecule has 2 unspecified atom stereocenters. The number of hydrogen-bond acceptors (Lipinski definition) is 3. The molecule has 4 heteroatoms. The van der Waals surface area contributed by atoms with Crippen molar-refractivity contribution in [3.8, 4) is 0 Å². The third-order valence-electron chi connectivity index (χ3n) is 1.10. The molecule has 0 amide bonds. The Hall–Kier alpha value is -0.610. The standard InChI is InChI=1S/C5H12N2O2/c1-3(6)4(7-2)5(8)9/h3-4,7H,6H2,1-2H3,(H,8,9). The predicted molar refractivity (Wildman–Crippen MR) is 34.1 cm³/mol. The van der Waals surface area contributed by atoms with Gasteiger partial charge in [-0.3, -0.25) is 4.79 Å². The zero-order chi connectivity index (χ0) is 7.44. The Labute approximate surface area is 54.0 Å². The largest absolute Gasteiger partial charge is 0.480 e. The van der Waals surface area contributed by atoms with Crippen LogP contribution < -0.4 is 11.1 Å². The Morgan fingerprint density at radius 1 is 1.78 bits per heavy atom. The van der Waals surface area contributed by atoms with Crippen molar-refractivity contribution in [1.82, 2.24) is 5.32 Å². The number of aliphatic carboxylic acids is 1. The van der Waals surface area contributed by atoms with Crippen LogP contribution in [0.1, 0.15) is 6.92 Å². The van der Waals surface area contributed by atoms with Crippen LogP contribution in [0.2, 0.25) is 0 Å². The Morgan fingerprint density at radius 3 is 2.22 bits per heavy atom. The highest BCUT2D eigenvalue weighted by molar-refractivity contribution is 5.74. The summed E-state index contributed by atoms with van der Waals surface area (Å²) in [6.45, 7) is 1.65. The molecule has 0 fully saturated rings. The van der Waals surface area contributed by atoms with Gasteiger partial charge in [0.2, 0.25) is 0 Å². The van der Waals surface area contributed by atoms with E-state index in [1.54, 1.807) is 14.0 Å². The van der Waals surface area contributed by atoms with Gasteiger partial charge in [0.15, 0.2) is 0 Å². The van der Waals surface area contributed by atoms with E-state index in [1.807, 2.05) is 0 Å². The summed E-state index contributed by atoms with van der Waals surface area (Å²) < 4.78 is 0. The van der Waals surface area contributed by atoms with Crippen LogP contribution in [0.4, 0.5) is 0 Å². The SMILES string of the molecule is CNC(C(=O)O)C(C)N. The fourth-order valence-corrected chi connectivity index (χ4v) is 0.611. The third-order valence-corrected chi connectivity index (χ3v) is 1.10. The molecule has 0 aliphatic carbocycles. The minimum absolute atomic E-state index is 0.354. The van der Waals surface area contributed by atoms with Gasteiger partial charge < -0.3 is 16.2 Å². The van der Waals surface area contributed by atoms with E-state index >= 15 is 0 Å². The van der Waals surface area contributed by atoms with Crippen LogP contribution >= 0.6 is 0 Å². The van der Waals surface area contributed by atoms with Gasteiger partial charge in [-0.1, -0.05) is 0 Å². The van der Waals surface area contributed by atoms with E-state index in [0.29, 0.717) is 0 Å². The fourth-order valence-electron chi connectivity index (χ4n) is 0.611. The van der Waals surface area contributed by atoms with Crippen LogP contribution in [0, 0.1) is 0 Å². The molecule has 0 saturated carbocycles. The molecule has 2 atom stereocenters. The smallest absolute Gasteiger partial charge is 0.322 e. The summed E-state index contributed by atoms with van der Waals surface area (Å²) in [5, 5.41) is 11.0. The Kier molecular flexibility index (Phi) is 3.19. The van der Waals surface area contributed by atoms with Crippen molar-refractivity contribution in [3.05, 3.63) is 0 Å². The molecule has 0 rings (SSSR count). The summed E-state index contributed by atoms with van der Waals surface area (Å²) in [4.78, 5) is 10.2. The fraction of sp³-hybridized carbons (Fsp3) is 0.800. The molecule has 0 spiro atoms. The van der Waals surface area contributed by atoms with Crippen molar-refractivity contribution >= 4 is 5.97 Å². The molecule has 0 aromatic rings. The van der Waals surface area contributed by atoms with Crippen molar-refractivity contribution in [2.24, 2.45) is 5.73 Å². The van der Waals surface area contributed by atoms with Crippen molar-refractivity contribution in [3.63, 3.8) is 0 Å². The van der Waals surface area contributed by atoms with Crippen LogP contribution in [0.25, 0.3) is 0 Å². The van der Waals surface area contributed by atoms with Crippen molar-refractivity contribution in [2.45, 2.75) is 19.0 Å². The summed E-state index contributed by atoms with van der Waals surface area (Å²) in [5.41, 5.74) is 5.30. The molecule has 0 heterocycles. The highest BCUT2D eigenvalue weighted by Gasteiger charge is 2.18. The number of carboxylic acid groups (broad SMARTS) is 1. The normalized spacial score (nSPS) is 16.8. The second kappa shape index (κ2) is 3.42. The van der Waals surface area contributed by atoms with Gasteiger partial charge in [-0.25, -0.2) is 0 Å². The van der Waals surface area contributed by atoms with E-state index in [2.05, 4.69) is 5.32 Å². The van der Waals surface area contributed by atoms with Gasteiger partial charge in [0.05, 0.1) is 0 Å². The minimum atomic E-state index is -0.910. The summed E-state index contributed by atoms with van der Waals surface area (Å²) in [6.07, 6.45) is 0.